The molecule has 0 heterocycles. The van der Waals surface area contributed by atoms with Crippen LogP contribution in [-0.4, -0.2) is 0 Å². The van der Waals surface area contributed by atoms with E-state index in [9.17, 15) is 0 Å². The Kier molecular flexibility index (Phi) is 4.98. The smallest absolute Gasteiger partial charge is 0.0382 e. The SMILES string of the molecule is C=C=CC(C(=C=C)Cc1ccccc1)c1ccccc1. The molecule has 0 aliphatic rings. The molecular formula is C20H18. The Morgan fingerprint density at radius 2 is 1.55 bits per heavy atom. The van der Waals surface area contributed by atoms with Crippen molar-refractivity contribution < 1.29 is 0 Å². The highest BCUT2D eigenvalue weighted by Crippen LogP contribution is 2.27. The largest absolute Gasteiger partial charge is 0.132 e. The minimum atomic E-state index is 0.131. The van der Waals surface area contributed by atoms with E-state index in [0.29, 0.717) is 0 Å². The summed E-state index contributed by atoms with van der Waals surface area (Å²) in [5.74, 6) is 0.131. The summed E-state index contributed by atoms with van der Waals surface area (Å²) in [7, 11) is 0. The number of hydrogen-bond donors (Lipinski definition) is 0. The van der Waals surface area contributed by atoms with E-state index in [4.69, 9.17) is 0 Å². The standard InChI is InChI=1S/C20H18/c1-3-11-20(19-14-9-6-10-15-19)18(4-2)16-17-12-7-5-8-13-17/h5-15,20H,1-2,16H2. The van der Waals surface area contributed by atoms with Crippen molar-refractivity contribution in [3.8, 4) is 0 Å². The molecule has 0 bridgehead atoms. The topological polar surface area (TPSA) is 0 Å². The Balaban J connectivity index is 2.32. The van der Waals surface area contributed by atoms with Gasteiger partial charge in [0, 0.05) is 12.3 Å². The Morgan fingerprint density at radius 3 is 2.10 bits per heavy atom. The third-order valence-corrected chi connectivity index (χ3v) is 3.28. The predicted molar refractivity (Wildman–Crippen MR) is 85.7 cm³/mol. The second kappa shape index (κ2) is 7.16. The molecule has 98 valence electrons. The maximum absolute atomic E-state index is 3.86. The maximum atomic E-state index is 3.86. The minimum absolute atomic E-state index is 0.131. The fraction of sp³-hybridized carbons (Fsp3) is 0.100. The van der Waals surface area contributed by atoms with Gasteiger partial charge >= 0.3 is 0 Å². The van der Waals surface area contributed by atoms with Crippen LogP contribution < -0.4 is 0 Å². The van der Waals surface area contributed by atoms with Crippen LogP contribution in [-0.2, 0) is 6.42 Å². The molecule has 2 rings (SSSR count). The zero-order valence-electron chi connectivity index (χ0n) is 11.5. The summed E-state index contributed by atoms with van der Waals surface area (Å²) in [6.45, 7) is 7.56. The van der Waals surface area contributed by atoms with Crippen molar-refractivity contribution in [2.75, 3.05) is 0 Å². The van der Waals surface area contributed by atoms with Crippen LogP contribution in [0.1, 0.15) is 17.0 Å². The third-order valence-electron chi connectivity index (χ3n) is 3.28. The van der Waals surface area contributed by atoms with Crippen LogP contribution in [0.25, 0.3) is 0 Å². The molecule has 0 aliphatic heterocycles. The van der Waals surface area contributed by atoms with Crippen molar-refractivity contribution in [3.05, 3.63) is 108 Å². The fourth-order valence-electron chi connectivity index (χ4n) is 2.27. The van der Waals surface area contributed by atoms with Crippen molar-refractivity contribution in [2.45, 2.75) is 12.3 Å². The van der Waals surface area contributed by atoms with Gasteiger partial charge in [-0.05, 0) is 22.8 Å². The van der Waals surface area contributed by atoms with E-state index in [2.05, 4.69) is 61.0 Å². The first-order chi connectivity index (χ1) is 9.85. The normalized spacial score (nSPS) is 11.0. The molecule has 0 radical (unpaired) electrons. The maximum Gasteiger partial charge on any atom is 0.0382 e. The van der Waals surface area contributed by atoms with Crippen molar-refractivity contribution in [2.24, 2.45) is 0 Å². The highest BCUT2D eigenvalue weighted by molar-refractivity contribution is 5.36. The summed E-state index contributed by atoms with van der Waals surface area (Å²) >= 11 is 0. The molecule has 0 aliphatic carbocycles. The van der Waals surface area contributed by atoms with E-state index in [-0.39, 0.29) is 5.92 Å². The van der Waals surface area contributed by atoms with Gasteiger partial charge in [-0.1, -0.05) is 73.8 Å². The highest BCUT2D eigenvalue weighted by atomic mass is 14.2. The van der Waals surface area contributed by atoms with Gasteiger partial charge < -0.3 is 0 Å². The van der Waals surface area contributed by atoms with Gasteiger partial charge in [-0.25, -0.2) is 0 Å². The van der Waals surface area contributed by atoms with Crippen molar-refractivity contribution >= 4 is 0 Å². The van der Waals surface area contributed by atoms with E-state index in [1.165, 1.54) is 11.1 Å². The van der Waals surface area contributed by atoms with Crippen LogP contribution in [0.3, 0.4) is 0 Å². The lowest BCUT2D eigenvalue weighted by Gasteiger charge is -2.15. The first-order valence-corrected chi connectivity index (χ1v) is 6.68. The van der Waals surface area contributed by atoms with Crippen LogP contribution in [0.15, 0.2) is 96.9 Å². The summed E-state index contributed by atoms with van der Waals surface area (Å²) < 4.78 is 0. The summed E-state index contributed by atoms with van der Waals surface area (Å²) in [5.41, 5.74) is 9.62. The van der Waals surface area contributed by atoms with Crippen molar-refractivity contribution in [1.29, 1.82) is 0 Å². The third kappa shape index (κ3) is 3.49. The molecule has 0 nitrogen and oxygen atoms in total. The Labute approximate surface area is 121 Å². The van der Waals surface area contributed by atoms with Crippen molar-refractivity contribution in [1.82, 2.24) is 0 Å². The number of benzene rings is 2. The summed E-state index contributed by atoms with van der Waals surface area (Å²) in [4.78, 5) is 0. The summed E-state index contributed by atoms with van der Waals surface area (Å²) in [6, 6.07) is 20.7. The molecule has 0 saturated heterocycles. The Hall–Kier alpha value is -2.52. The van der Waals surface area contributed by atoms with Gasteiger partial charge in [-0.2, -0.15) is 0 Å². The van der Waals surface area contributed by atoms with Gasteiger partial charge in [0.1, 0.15) is 0 Å². The van der Waals surface area contributed by atoms with Gasteiger partial charge in [0.2, 0.25) is 0 Å². The molecular weight excluding hydrogens is 240 g/mol. The molecule has 0 fully saturated rings. The number of allylic oxidation sites excluding steroid dienone is 2. The average Bonchev–Trinajstić information content (AvgIpc) is 2.52. The van der Waals surface area contributed by atoms with Crippen LogP contribution in [0.2, 0.25) is 0 Å². The first kappa shape index (κ1) is 13.9. The summed E-state index contributed by atoms with van der Waals surface area (Å²) in [5, 5.41) is 0. The van der Waals surface area contributed by atoms with Crippen LogP contribution in [0.5, 0.6) is 0 Å². The van der Waals surface area contributed by atoms with Crippen molar-refractivity contribution in [3.63, 3.8) is 0 Å². The molecule has 0 N–H and O–H groups in total. The molecule has 0 amide bonds. The lowest BCUT2D eigenvalue weighted by molar-refractivity contribution is 0.933. The van der Waals surface area contributed by atoms with E-state index in [1.807, 2.05) is 30.3 Å². The minimum Gasteiger partial charge on any atom is -0.132 e. The average molecular weight is 258 g/mol. The highest BCUT2D eigenvalue weighted by Gasteiger charge is 2.13. The first-order valence-electron chi connectivity index (χ1n) is 6.68. The molecule has 0 aromatic heterocycles. The van der Waals surface area contributed by atoms with Gasteiger partial charge in [-0.15, -0.1) is 11.5 Å². The molecule has 1 unspecified atom stereocenters. The zero-order chi connectivity index (χ0) is 14.2. The Morgan fingerprint density at radius 1 is 0.950 bits per heavy atom. The monoisotopic (exact) mass is 258 g/mol. The van der Waals surface area contributed by atoms with Gasteiger partial charge in [-0.3, -0.25) is 0 Å². The van der Waals surface area contributed by atoms with Crippen LogP contribution in [0.4, 0.5) is 0 Å². The lowest BCUT2D eigenvalue weighted by Crippen LogP contribution is -2.02. The van der Waals surface area contributed by atoms with E-state index in [0.717, 1.165) is 12.0 Å². The van der Waals surface area contributed by atoms with Crippen LogP contribution >= 0.6 is 0 Å². The van der Waals surface area contributed by atoms with Crippen LogP contribution in [0, 0.1) is 0 Å². The van der Waals surface area contributed by atoms with E-state index < -0.39 is 0 Å². The van der Waals surface area contributed by atoms with Gasteiger partial charge in [0.15, 0.2) is 0 Å². The second-order valence-corrected chi connectivity index (χ2v) is 4.62. The number of rotatable bonds is 5. The van der Waals surface area contributed by atoms with E-state index in [1.54, 1.807) is 0 Å². The zero-order valence-corrected chi connectivity index (χ0v) is 11.5. The number of hydrogen-bond acceptors (Lipinski definition) is 0. The predicted octanol–water partition coefficient (Wildman–Crippen LogP) is 5.07. The van der Waals surface area contributed by atoms with Gasteiger partial charge in [0.25, 0.3) is 0 Å². The quantitative estimate of drug-likeness (QED) is 0.657. The van der Waals surface area contributed by atoms with Gasteiger partial charge in [0.05, 0.1) is 0 Å². The second-order valence-electron chi connectivity index (χ2n) is 4.62. The Bertz CT molecular complexity index is 637. The molecule has 1 atom stereocenters. The lowest BCUT2D eigenvalue weighted by atomic mass is 9.88. The molecule has 0 saturated carbocycles. The summed E-state index contributed by atoms with van der Waals surface area (Å²) in [6.07, 6.45) is 2.81. The molecule has 20 heavy (non-hydrogen) atoms. The fourth-order valence-corrected chi connectivity index (χ4v) is 2.27. The molecule has 2 aromatic carbocycles. The molecule has 2 aromatic rings. The van der Waals surface area contributed by atoms with E-state index >= 15 is 0 Å². The molecule has 0 spiro atoms. The molecule has 0 heteroatoms.